The zero-order chi connectivity index (χ0) is 22.8. The van der Waals surface area contributed by atoms with Gasteiger partial charge in [0.1, 0.15) is 5.82 Å². The lowest BCUT2D eigenvalue weighted by Crippen LogP contribution is -2.26. The third kappa shape index (κ3) is 4.36. The number of benzene rings is 3. The van der Waals surface area contributed by atoms with Gasteiger partial charge >= 0.3 is 0 Å². The Labute approximate surface area is 189 Å². The van der Waals surface area contributed by atoms with E-state index in [2.05, 4.69) is 39.7 Å². The minimum absolute atomic E-state index is 0.228. The highest BCUT2D eigenvalue weighted by molar-refractivity contribution is 5.91. The molecule has 2 heterocycles. The summed E-state index contributed by atoms with van der Waals surface area (Å²) < 4.78 is 16.5. The van der Waals surface area contributed by atoms with Crippen LogP contribution in [0.3, 0.4) is 0 Å². The number of hydrogen-bond acceptors (Lipinski definition) is 4. The Kier molecular flexibility index (Phi) is 5.40. The lowest BCUT2D eigenvalue weighted by atomic mass is 10.0. The summed E-state index contributed by atoms with van der Waals surface area (Å²) in [4.78, 5) is 14.5. The number of halogens is 1. The molecule has 0 N–H and O–H groups in total. The van der Waals surface area contributed by atoms with Gasteiger partial charge in [-0.15, -0.1) is 5.10 Å². The second-order valence-corrected chi connectivity index (χ2v) is 7.87. The van der Waals surface area contributed by atoms with E-state index >= 15 is 0 Å². The molecule has 0 fully saturated rings. The molecule has 0 spiro atoms. The molecule has 0 radical (unpaired) electrons. The van der Waals surface area contributed by atoms with E-state index in [1.807, 2.05) is 24.4 Å². The minimum Gasteiger partial charge on any atom is -0.336 e. The van der Waals surface area contributed by atoms with E-state index in [9.17, 15) is 9.18 Å². The first-order valence-corrected chi connectivity index (χ1v) is 10.5. The first kappa shape index (κ1) is 20.6. The van der Waals surface area contributed by atoms with Crippen LogP contribution < -0.4 is 0 Å². The van der Waals surface area contributed by atoms with Crippen molar-refractivity contribution < 1.29 is 9.18 Å². The molecule has 0 aliphatic rings. The van der Waals surface area contributed by atoms with Gasteiger partial charge < -0.3 is 4.90 Å². The molecule has 0 saturated heterocycles. The predicted molar refractivity (Wildman–Crippen MR) is 122 cm³/mol. The number of hydrogen-bond donors (Lipinski definition) is 0. The van der Waals surface area contributed by atoms with Crippen molar-refractivity contribution in [2.45, 2.75) is 13.1 Å². The monoisotopic (exact) mass is 440 g/mol. The molecule has 8 heteroatoms. The summed E-state index contributed by atoms with van der Waals surface area (Å²) in [5.74, 6) is -0.529. The lowest BCUT2D eigenvalue weighted by molar-refractivity contribution is 0.0779. The molecule has 7 nitrogen and oxygen atoms in total. The number of rotatable bonds is 6. The number of aromatic nitrogens is 5. The molecule has 0 aliphatic carbocycles. The largest absolute Gasteiger partial charge is 0.336 e. The Hall–Kier alpha value is -4.33. The van der Waals surface area contributed by atoms with Crippen molar-refractivity contribution in [3.63, 3.8) is 0 Å². The van der Waals surface area contributed by atoms with Gasteiger partial charge in [-0.05, 0) is 40.6 Å². The molecule has 0 aliphatic heterocycles. The van der Waals surface area contributed by atoms with Crippen LogP contribution >= 0.6 is 0 Å². The maximum atomic E-state index is 13.1. The lowest BCUT2D eigenvalue weighted by Gasteiger charge is -2.14. The van der Waals surface area contributed by atoms with Gasteiger partial charge in [-0.3, -0.25) is 4.79 Å². The smallest absolute Gasteiger partial charge is 0.276 e. The fourth-order valence-corrected chi connectivity index (χ4v) is 3.80. The molecule has 0 atom stereocenters. The van der Waals surface area contributed by atoms with Gasteiger partial charge in [0.25, 0.3) is 5.91 Å². The Morgan fingerprint density at radius 2 is 1.79 bits per heavy atom. The Morgan fingerprint density at radius 3 is 2.64 bits per heavy atom. The zero-order valence-corrected chi connectivity index (χ0v) is 18.0. The second kappa shape index (κ2) is 8.66. The number of fused-ring (bicyclic) bond motifs is 1. The SMILES string of the molecule is CN(Cc1cnn(-c2ccc(F)cc2)c1)C(=O)c1cn(Cc2cccc3ccccc23)nn1. The van der Waals surface area contributed by atoms with Gasteiger partial charge in [0, 0.05) is 25.4 Å². The molecular weight excluding hydrogens is 419 g/mol. The highest BCUT2D eigenvalue weighted by Crippen LogP contribution is 2.19. The summed E-state index contributed by atoms with van der Waals surface area (Å²) in [7, 11) is 1.71. The number of nitrogens with zero attached hydrogens (tertiary/aromatic N) is 6. The second-order valence-electron chi connectivity index (χ2n) is 7.87. The summed E-state index contributed by atoms with van der Waals surface area (Å²) in [6.07, 6.45) is 5.17. The van der Waals surface area contributed by atoms with Crippen LogP contribution in [0, 0.1) is 5.82 Å². The Bertz CT molecular complexity index is 1420. The molecule has 164 valence electrons. The van der Waals surface area contributed by atoms with Crippen LogP contribution in [-0.2, 0) is 13.1 Å². The molecule has 5 aromatic rings. The van der Waals surface area contributed by atoms with Crippen molar-refractivity contribution in [3.8, 4) is 5.69 Å². The number of amides is 1. The highest BCUT2D eigenvalue weighted by Gasteiger charge is 2.17. The summed E-state index contributed by atoms with van der Waals surface area (Å²) >= 11 is 0. The first-order chi connectivity index (χ1) is 16.1. The molecule has 33 heavy (non-hydrogen) atoms. The third-order valence-corrected chi connectivity index (χ3v) is 5.46. The minimum atomic E-state index is -0.301. The fourth-order valence-electron chi connectivity index (χ4n) is 3.80. The molecule has 0 bridgehead atoms. The maximum Gasteiger partial charge on any atom is 0.276 e. The van der Waals surface area contributed by atoms with Gasteiger partial charge in [-0.1, -0.05) is 47.7 Å². The van der Waals surface area contributed by atoms with E-state index in [1.165, 1.54) is 12.1 Å². The normalized spacial score (nSPS) is 11.1. The van der Waals surface area contributed by atoms with Crippen molar-refractivity contribution in [1.82, 2.24) is 29.7 Å². The van der Waals surface area contributed by atoms with Gasteiger partial charge in [0.15, 0.2) is 5.69 Å². The molecule has 1 amide bonds. The van der Waals surface area contributed by atoms with E-state index in [4.69, 9.17) is 0 Å². The summed E-state index contributed by atoms with van der Waals surface area (Å²) in [5.41, 5.74) is 2.98. The molecule has 2 aromatic heterocycles. The first-order valence-electron chi connectivity index (χ1n) is 10.5. The van der Waals surface area contributed by atoms with Gasteiger partial charge in [0.05, 0.1) is 24.6 Å². The van der Waals surface area contributed by atoms with E-state index < -0.39 is 0 Å². The van der Waals surface area contributed by atoms with E-state index in [0.29, 0.717) is 13.1 Å². The van der Waals surface area contributed by atoms with Crippen molar-refractivity contribution in [1.29, 1.82) is 0 Å². The quantitative estimate of drug-likeness (QED) is 0.399. The van der Waals surface area contributed by atoms with Gasteiger partial charge in [-0.25, -0.2) is 13.8 Å². The van der Waals surface area contributed by atoms with E-state index in [-0.39, 0.29) is 17.4 Å². The Balaban J connectivity index is 1.27. The molecule has 3 aromatic carbocycles. The van der Waals surface area contributed by atoms with Crippen molar-refractivity contribution in [2.75, 3.05) is 7.05 Å². The van der Waals surface area contributed by atoms with Crippen molar-refractivity contribution in [2.24, 2.45) is 0 Å². The highest BCUT2D eigenvalue weighted by atomic mass is 19.1. The van der Waals surface area contributed by atoms with Crippen LogP contribution in [-0.4, -0.2) is 42.6 Å². The van der Waals surface area contributed by atoms with Crippen LogP contribution in [0.1, 0.15) is 21.6 Å². The number of carbonyl (C=O) groups is 1. The zero-order valence-electron chi connectivity index (χ0n) is 18.0. The van der Waals surface area contributed by atoms with Gasteiger partial charge in [-0.2, -0.15) is 5.10 Å². The van der Waals surface area contributed by atoms with Crippen LogP contribution in [0.2, 0.25) is 0 Å². The average molecular weight is 440 g/mol. The average Bonchev–Trinajstić information content (AvgIpc) is 3.49. The molecular formula is C25H21FN6O. The van der Waals surface area contributed by atoms with Gasteiger partial charge in [0.2, 0.25) is 0 Å². The topological polar surface area (TPSA) is 68.8 Å². The molecule has 5 rings (SSSR count). The Morgan fingerprint density at radius 1 is 1.00 bits per heavy atom. The van der Waals surface area contributed by atoms with Crippen molar-refractivity contribution in [3.05, 3.63) is 108 Å². The summed E-state index contributed by atoms with van der Waals surface area (Å²) in [6, 6.07) is 20.4. The predicted octanol–water partition coefficient (Wildman–Crippen LogP) is 4.08. The van der Waals surface area contributed by atoms with Crippen LogP contribution in [0.4, 0.5) is 4.39 Å². The van der Waals surface area contributed by atoms with Crippen molar-refractivity contribution >= 4 is 16.7 Å². The van der Waals surface area contributed by atoms with Crippen LogP contribution in [0.5, 0.6) is 0 Å². The van der Waals surface area contributed by atoms with E-state index in [0.717, 1.165) is 27.6 Å². The number of carbonyl (C=O) groups excluding carboxylic acids is 1. The molecule has 0 saturated carbocycles. The standard InChI is InChI=1S/C25H21FN6O/c1-30(14-18-13-27-32(15-18)22-11-9-21(26)10-12-22)25(33)24-17-31(29-28-24)16-20-7-4-6-19-5-2-3-8-23(19)20/h2-13,15,17H,14,16H2,1H3. The van der Waals surface area contributed by atoms with Crippen LogP contribution in [0.25, 0.3) is 16.5 Å². The fraction of sp³-hybridized carbons (Fsp3) is 0.120. The third-order valence-electron chi connectivity index (χ3n) is 5.46. The maximum absolute atomic E-state index is 13.1. The molecule has 0 unspecified atom stereocenters. The summed E-state index contributed by atoms with van der Waals surface area (Å²) in [6.45, 7) is 0.881. The summed E-state index contributed by atoms with van der Waals surface area (Å²) in [5, 5.41) is 14.8. The van der Waals surface area contributed by atoms with E-state index in [1.54, 1.807) is 45.8 Å². The van der Waals surface area contributed by atoms with Crippen LogP contribution in [0.15, 0.2) is 85.3 Å².